The molecule has 0 spiro atoms. The Labute approximate surface area is 142 Å². The third kappa shape index (κ3) is 4.57. The van der Waals surface area contributed by atoms with Crippen LogP contribution in [0.15, 0.2) is 30.5 Å². The number of rotatable bonds is 4. The number of hydrogen-bond donors (Lipinski definition) is 1. The second-order valence-corrected chi connectivity index (χ2v) is 6.25. The maximum Gasteiger partial charge on any atom is 0.263 e. The molecule has 0 unspecified atom stereocenters. The maximum absolute atomic E-state index is 11.9. The summed E-state index contributed by atoms with van der Waals surface area (Å²) in [6.45, 7) is 3.70. The van der Waals surface area contributed by atoms with Crippen molar-refractivity contribution in [1.82, 2.24) is 4.98 Å². The van der Waals surface area contributed by atoms with Crippen molar-refractivity contribution >= 4 is 45.9 Å². The second-order valence-electron chi connectivity index (χ2n) is 4.57. The number of carbonyl (C=O) groups excluding carboxylic acids is 1. The van der Waals surface area contributed by atoms with Crippen LogP contribution in [0.5, 0.6) is 5.75 Å². The Morgan fingerprint density at radius 3 is 2.76 bits per heavy atom. The average molecular weight is 417 g/mol. The number of hydrogen-bond acceptors (Lipinski definition) is 3. The summed E-state index contributed by atoms with van der Waals surface area (Å²) < 4.78 is 6.51. The molecule has 1 amide bonds. The van der Waals surface area contributed by atoms with E-state index in [2.05, 4.69) is 32.9 Å². The van der Waals surface area contributed by atoms with E-state index in [1.807, 2.05) is 19.9 Å². The van der Waals surface area contributed by atoms with E-state index >= 15 is 0 Å². The standard InChI is InChI=1S/C15H14ClIN2O2/c1-9-5-11(16)3-4-13(9)21-8-14(20)19-15-10(2)6-12(17)7-18-15/h3-7H,8H2,1-2H3,(H,18,19,20). The number of ether oxygens (including phenoxy) is 1. The van der Waals surface area contributed by atoms with Gasteiger partial charge in [-0.2, -0.15) is 0 Å². The Morgan fingerprint density at radius 2 is 2.10 bits per heavy atom. The zero-order valence-corrected chi connectivity index (χ0v) is 14.5. The molecule has 0 aliphatic rings. The van der Waals surface area contributed by atoms with Crippen LogP contribution in [0, 0.1) is 17.4 Å². The van der Waals surface area contributed by atoms with Gasteiger partial charge in [0.05, 0.1) is 0 Å². The highest BCUT2D eigenvalue weighted by molar-refractivity contribution is 14.1. The predicted octanol–water partition coefficient (Wildman–Crippen LogP) is 3.97. The topological polar surface area (TPSA) is 51.2 Å². The highest BCUT2D eigenvalue weighted by atomic mass is 127. The number of pyridine rings is 1. The normalized spacial score (nSPS) is 10.3. The predicted molar refractivity (Wildman–Crippen MR) is 92.0 cm³/mol. The minimum Gasteiger partial charge on any atom is -0.483 e. The molecule has 110 valence electrons. The summed E-state index contributed by atoms with van der Waals surface area (Å²) in [4.78, 5) is 16.1. The van der Waals surface area contributed by atoms with Gasteiger partial charge in [-0.25, -0.2) is 4.98 Å². The van der Waals surface area contributed by atoms with E-state index in [4.69, 9.17) is 16.3 Å². The largest absolute Gasteiger partial charge is 0.483 e. The van der Waals surface area contributed by atoms with E-state index < -0.39 is 0 Å². The lowest BCUT2D eigenvalue weighted by molar-refractivity contribution is -0.118. The van der Waals surface area contributed by atoms with E-state index in [-0.39, 0.29) is 12.5 Å². The molecule has 2 aromatic rings. The molecule has 0 bridgehead atoms. The van der Waals surface area contributed by atoms with E-state index in [9.17, 15) is 4.79 Å². The molecule has 1 aromatic carbocycles. The van der Waals surface area contributed by atoms with E-state index in [1.54, 1.807) is 24.4 Å². The summed E-state index contributed by atoms with van der Waals surface area (Å²) in [5.41, 5.74) is 1.80. The van der Waals surface area contributed by atoms with Gasteiger partial charge in [0.25, 0.3) is 5.91 Å². The van der Waals surface area contributed by atoms with Gasteiger partial charge < -0.3 is 10.1 Å². The molecule has 0 atom stereocenters. The first-order chi connectivity index (χ1) is 9.95. The summed E-state index contributed by atoms with van der Waals surface area (Å²) in [5, 5.41) is 3.38. The first kappa shape index (κ1) is 16.0. The smallest absolute Gasteiger partial charge is 0.263 e. The molecule has 0 fully saturated rings. The second kappa shape index (κ2) is 7.09. The highest BCUT2D eigenvalue weighted by Gasteiger charge is 2.08. The fourth-order valence-electron chi connectivity index (χ4n) is 1.76. The molecular formula is C15H14ClIN2O2. The number of nitrogens with one attached hydrogen (secondary N) is 1. The van der Waals surface area contributed by atoms with Crippen LogP contribution in [-0.2, 0) is 4.79 Å². The van der Waals surface area contributed by atoms with Crippen molar-refractivity contribution in [2.24, 2.45) is 0 Å². The van der Waals surface area contributed by atoms with Gasteiger partial charge in [-0.1, -0.05) is 11.6 Å². The Balaban J connectivity index is 1.96. The molecule has 0 radical (unpaired) electrons. The number of anilines is 1. The van der Waals surface area contributed by atoms with Crippen molar-refractivity contribution in [3.63, 3.8) is 0 Å². The van der Waals surface area contributed by atoms with Gasteiger partial charge in [-0.15, -0.1) is 0 Å². The van der Waals surface area contributed by atoms with Crippen molar-refractivity contribution in [3.8, 4) is 5.75 Å². The Morgan fingerprint density at radius 1 is 1.33 bits per heavy atom. The molecule has 21 heavy (non-hydrogen) atoms. The van der Waals surface area contributed by atoms with Crippen LogP contribution < -0.4 is 10.1 Å². The molecular weight excluding hydrogens is 403 g/mol. The molecule has 0 saturated heterocycles. The highest BCUT2D eigenvalue weighted by Crippen LogP contribution is 2.21. The van der Waals surface area contributed by atoms with E-state index in [0.29, 0.717) is 16.6 Å². The lowest BCUT2D eigenvalue weighted by Gasteiger charge is -2.10. The SMILES string of the molecule is Cc1cc(Cl)ccc1OCC(=O)Nc1ncc(I)cc1C. The van der Waals surface area contributed by atoms with Gasteiger partial charge >= 0.3 is 0 Å². The molecule has 1 heterocycles. The first-order valence-electron chi connectivity index (χ1n) is 6.26. The van der Waals surface area contributed by atoms with Crippen LogP contribution in [0.1, 0.15) is 11.1 Å². The summed E-state index contributed by atoms with van der Waals surface area (Å²) in [5.74, 6) is 0.944. The van der Waals surface area contributed by atoms with Gasteiger partial charge in [0.15, 0.2) is 6.61 Å². The molecule has 0 aliphatic heterocycles. The number of aryl methyl sites for hydroxylation is 2. The number of amides is 1. The Kier molecular flexibility index (Phi) is 5.41. The van der Waals surface area contributed by atoms with Crippen molar-refractivity contribution in [1.29, 1.82) is 0 Å². The Bertz CT molecular complexity index is 677. The minimum atomic E-state index is -0.249. The van der Waals surface area contributed by atoms with Gasteiger partial charge in [0.1, 0.15) is 11.6 Å². The lowest BCUT2D eigenvalue weighted by Crippen LogP contribution is -2.21. The summed E-state index contributed by atoms with van der Waals surface area (Å²) in [6.07, 6.45) is 1.70. The van der Waals surface area contributed by atoms with Crippen LogP contribution in [0.25, 0.3) is 0 Å². The Hall–Kier alpha value is -1.34. The van der Waals surface area contributed by atoms with Gasteiger partial charge in [0, 0.05) is 14.8 Å². The molecule has 2 rings (SSSR count). The van der Waals surface area contributed by atoms with Crippen molar-refractivity contribution in [2.75, 3.05) is 11.9 Å². The summed E-state index contributed by atoms with van der Waals surface area (Å²) >= 11 is 8.05. The number of aromatic nitrogens is 1. The summed E-state index contributed by atoms with van der Waals surface area (Å²) in [6, 6.07) is 7.22. The van der Waals surface area contributed by atoms with Crippen LogP contribution >= 0.6 is 34.2 Å². The van der Waals surface area contributed by atoms with Crippen molar-refractivity contribution < 1.29 is 9.53 Å². The zero-order chi connectivity index (χ0) is 15.4. The van der Waals surface area contributed by atoms with Crippen LogP contribution in [0.2, 0.25) is 5.02 Å². The van der Waals surface area contributed by atoms with E-state index in [0.717, 1.165) is 14.7 Å². The van der Waals surface area contributed by atoms with Crippen LogP contribution in [-0.4, -0.2) is 17.5 Å². The van der Waals surface area contributed by atoms with Crippen molar-refractivity contribution in [2.45, 2.75) is 13.8 Å². The number of carbonyl (C=O) groups is 1. The van der Waals surface area contributed by atoms with Gasteiger partial charge in [0.2, 0.25) is 0 Å². The number of nitrogens with zero attached hydrogens (tertiary/aromatic N) is 1. The fraction of sp³-hybridized carbons (Fsp3) is 0.200. The average Bonchev–Trinajstić information content (AvgIpc) is 2.41. The summed E-state index contributed by atoms with van der Waals surface area (Å²) in [7, 11) is 0. The maximum atomic E-state index is 11.9. The molecule has 0 aliphatic carbocycles. The minimum absolute atomic E-state index is 0.0738. The number of benzene rings is 1. The van der Waals surface area contributed by atoms with Gasteiger partial charge in [-0.3, -0.25) is 4.79 Å². The fourth-order valence-corrected chi connectivity index (χ4v) is 2.59. The molecule has 6 heteroatoms. The molecule has 0 saturated carbocycles. The zero-order valence-electron chi connectivity index (χ0n) is 11.6. The quantitative estimate of drug-likeness (QED) is 0.767. The third-order valence-corrected chi connectivity index (χ3v) is 3.62. The lowest BCUT2D eigenvalue weighted by atomic mass is 10.2. The molecule has 1 aromatic heterocycles. The number of halogens is 2. The van der Waals surface area contributed by atoms with Crippen LogP contribution in [0.3, 0.4) is 0 Å². The van der Waals surface area contributed by atoms with Crippen LogP contribution in [0.4, 0.5) is 5.82 Å². The molecule has 4 nitrogen and oxygen atoms in total. The molecule has 1 N–H and O–H groups in total. The third-order valence-electron chi connectivity index (χ3n) is 2.80. The van der Waals surface area contributed by atoms with Crippen molar-refractivity contribution in [3.05, 3.63) is 50.2 Å². The first-order valence-corrected chi connectivity index (χ1v) is 7.72. The van der Waals surface area contributed by atoms with E-state index in [1.165, 1.54) is 0 Å². The monoisotopic (exact) mass is 416 g/mol. The van der Waals surface area contributed by atoms with Gasteiger partial charge in [-0.05, 0) is 71.8 Å².